The molecule has 0 bridgehead atoms. The summed E-state index contributed by atoms with van der Waals surface area (Å²) in [6, 6.07) is 12.8. The van der Waals surface area contributed by atoms with Gasteiger partial charge in [0.05, 0.1) is 19.4 Å². The number of furan rings is 1. The molecule has 1 unspecified atom stereocenters. The molecular formula is C19H25N2O2+. The first-order valence-electron chi connectivity index (χ1n) is 8.49. The SMILES string of the molecule is CCCC(=O)NC[C@@H](c1ccco1)[NH+]1CCc2ccccc2C1. The Bertz CT molecular complexity index is 637. The van der Waals surface area contributed by atoms with Gasteiger partial charge in [-0.2, -0.15) is 0 Å². The predicted octanol–water partition coefficient (Wildman–Crippen LogP) is 1.88. The number of rotatable bonds is 6. The fourth-order valence-electron chi connectivity index (χ4n) is 3.37. The van der Waals surface area contributed by atoms with Crippen LogP contribution in [0.4, 0.5) is 0 Å². The van der Waals surface area contributed by atoms with E-state index in [0.717, 1.165) is 31.7 Å². The van der Waals surface area contributed by atoms with Gasteiger partial charge in [0.1, 0.15) is 6.54 Å². The van der Waals surface area contributed by atoms with Crippen molar-refractivity contribution in [1.29, 1.82) is 0 Å². The van der Waals surface area contributed by atoms with E-state index >= 15 is 0 Å². The van der Waals surface area contributed by atoms with Crippen LogP contribution in [0.15, 0.2) is 47.1 Å². The number of fused-ring (bicyclic) bond motifs is 1. The molecule has 0 aliphatic carbocycles. The van der Waals surface area contributed by atoms with Crippen molar-refractivity contribution in [3.8, 4) is 0 Å². The van der Waals surface area contributed by atoms with E-state index in [0.29, 0.717) is 13.0 Å². The Morgan fingerprint density at radius 2 is 2.09 bits per heavy atom. The molecule has 0 fully saturated rings. The Balaban J connectivity index is 1.73. The van der Waals surface area contributed by atoms with Gasteiger partial charge in [-0.1, -0.05) is 31.2 Å². The normalized spacial score (nSPS) is 18.2. The van der Waals surface area contributed by atoms with Crippen LogP contribution in [0, 0.1) is 0 Å². The molecule has 0 saturated carbocycles. The van der Waals surface area contributed by atoms with Gasteiger partial charge in [0, 0.05) is 18.4 Å². The van der Waals surface area contributed by atoms with Gasteiger partial charge in [-0.15, -0.1) is 0 Å². The summed E-state index contributed by atoms with van der Waals surface area (Å²) in [5.41, 5.74) is 2.86. The summed E-state index contributed by atoms with van der Waals surface area (Å²) in [6.07, 6.45) is 4.25. The van der Waals surface area contributed by atoms with Crippen molar-refractivity contribution in [2.45, 2.75) is 38.8 Å². The molecule has 23 heavy (non-hydrogen) atoms. The van der Waals surface area contributed by atoms with E-state index < -0.39 is 0 Å². The summed E-state index contributed by atoms with van der Waals surface area (Å²) in [5, 5.41) is 3.07. The van der Waals surface area contributed by atoms with Crippen molar-refractivity contribution >= 4 is 5.91 Å². The minimum atomic E-state index is 0.126. The van der Waals surface area contributed by atoms with Gasteiger partial charge in [0.15, 0.2) is 11.8 Å². The molecule has 2 atom stereocenters. The van der Waals surface area contributed by atoms with Crippen LogP contribution in [-0.2, 0) is 17.8 Å². The number of nitrogens with one attached hydrogen (secondary N) is 2. The largest absolute Gasteiger partial charge is 0.463 e. The minimum absolute atomic E-state index is 0.126. The molecule has 1 aromatic heterocycles. The quantitative estimate of drug-likeness (QED) is 0.855. The molecule has 2 heterocycles. The molecule has 1 amide bonds. The second-order valence-corrected chi connectivity index (χ2v) is 6.23. The van der Waals surface area contributed by atoms with Crippen LogP contribution < -0.4 is 10.2 Å². The van der Waals surface area contributed by atoms with Crippen molar-refractivity contribution in [2.24, 2.45) is 0 Å². The fourth-order valence-corrected chi connectivity index (χ4v) is 3.37. The Labute approximate surface area is 137 Å². The Morgan fingerprint density at radius 3 is 2.83 bits per heavy atom. The number of quaternary nitrogens is 1. The molecule has 1 aliphatic heterocycles. The van der Waals surface area contributed by atoms with E-state index in [2.05, 4.69) is 29.6 Å². The van der Waals surface area contributed by atoms with Crippen LogP contribution >= 0.6 is 0 Å². The highest BCUT2D eigenvalue weighted by Crippen LogP contribution is 2.15. The molecule has 4 nitrogen and oxygen atoms in total. The smallest absolute Gasteiger partial charge is 0.220 e. The summed E-state index contributed by atoms with van der Waals surface area (Å²) in [6.45, 7) is 4.69. The predicted molar refractivity (Wildman–Crippen MR) is 89.0 cm³/mol. The second kappa shape index (κ2) is 7.47. The number of hydrogen-bond acceptors (Lipinski definition) is 2. The second-order valence-electron chi connectivity index (χ2n) is 6.23. The van der Waals surface area contributed by atoms with Crippen LogP contribution in [0.3, 0.4) is 0 Å². The first-order chi connectivity index (χ1) is 11.3. The van der Waals surface area contributed by atoms with E-state index in [1.165, 1.54) is 16.0 Å². The van der Waals surface area contributed by atoms with Gasteiger partial charge in [-0.25, -0.2) is 0 Å². The highest BCUT2D eigenvalue weighted by atomic mass is 16.3. The number of carbonyl (C=O) groups is 1. The van der Waals surface area contributed by atoms with E-state index in [1.807, 2.05) is 19.1 Å². The summed E-state index contributed by atoms with van der Waals surface area (Å²) in [4.78, 5) is 13.3. The van der Waals surface area contributed by atoms with E-state index in [-0.39, 0.29) is 11.9 Å². The fraction of sp³-hybridized carbons (Fsp3) is 0.421. The van der Waals surface area contributed by atoms with Crippen molar-refractivity contribution in [3.05, 3.63) is 59.5 Å². The van der Waals surface area contributed by atoms with Crippen molar-refractivity contribution < 1.29 is 14.1 Å². The zero-order valence-corrected chi connectivity index (χ0v) is 13.7. The Kier molecular flexibility index (Phi) is 5.13. The average Bonchev–Trinajstić information content (AvgIpc) is 3.09. The van der Waals surface area contributed by atoms with E-state index in [4.69, 9.17) is 4.42 Å². The molecule has 0 radical (unpaired) electrons. The first kappa shape index (κ1) is 15.8. The van der Waals surface area contributed by atoms with Crippen LogP contribution in [0.1, 0.15) is 42.7 Å². The van der Waals surface area contributed by atoms with Gasteiger partial charge in [-0.3, -0.25) is 4.79 Å². The number of amides is 1. The van der Waals surface area contributed by atoms with E-state index in [9.17, 15) is 4.79 Å². The maximum absolute atomic E-state index is 11.8. The third kappa shape index (κ3) is 3.82. The van der Waals surface area contributed by atoms with Crippen LogP contribution in [0.5, 0.6) is 0 Å². The molecule has 2 N–H and O–H groups in total. The summed E-state index contributed by atoms with van der Waals surface area (Å²) in [7, 11) is 0. The third-order valence-electron chi connectivity index (χ3n) is 4.61. The topological polar surface area (TPSA) is 46.7 Å². The molecule has 3 rings (SSSR count). The summed E-state index contributed by atoms with van der Waals surface area (Å²) >= 11 is 0. The number of hydrogen-bond donors (Lipinski definition) is 2. The molecular weight excluding hydrogens is 288 g/mol. The minimum Gasteiger partial charge on any atom is -0.463 e. The van der Waals surface area contributed by atoms with Gasteiger partial charge in [-0.05, 0) is 24.1 Å². The van der Waals surface area contributed by atoms with Gasteiger partial charge in [0.2, 0.25) is 5.91 Å². The lowest BCUT2D eigenvalue weighted by molar-refractivity contribution is -0.946. The van der Waals surface area contributed by atoms with E-state index in [1.54, 1.807) is 6.26 Å². The average molecular weight is 313 g/mol. The molecule has 2 aromatic rings. The molecule has 0 spiro atoms. The summed E-state index contributed by atoms with van der Waals surface area (Å²) < 4.78 is 5.66. The molecule has 4 heteroatoms. The van der Waals surface area contributed by atoms with Crippen molar-refractivity contribution in [3.63, 3.8) is 0 Å². The highest BCUT2D eigenvalue weighted by Gasteiger charge is 2.30. The van der Waals surface area contributed by atoms with Crippen molar-refractivity contribution in [1.82, 2.24) is 5.32 Å². The number of benzene rings is 1. The monoisotopic (exact) mass is 313 g/mol. The third-order valence-corrected chi connectivity index (χ3v) is 4.61. The van der Waals surface area contributed by atoms with Crippen LogP contribution in [0.2, 0.25) is 0 Å². The maximum atomic E-state index is 11.8. The van der Waals surface area contributed by atoms with Crippen LogP contribution in [-0.4, -0.2) is 19.0 Å². The van der Waals surface area contributed by atoms with Gasteiger partial charge in [0.25, 0.3) is 0 Å². The first-order valence-corrected chi connectivity index (χ1v) is 8.49. The lowest BCUT2D eigenvalue weighted by Gasteiger charge is -2.31. The molecule has 0 saturated heterocycles. The summed E-state index contributed by atoms with van der Waals surface area (Å²) in [5.74, 6) is 1.08. The zero-order chi connectivity index (χ0) is 16.1. The van der Waals surface area contributed by atoms with Crippen LogP contribution in [0.25, 0.3) is 0 Å². The molecule has 1 aromatic carbocycles. The maximum Gasteiger partial charge on any atom is 0.220 e. The number of carbonyl (C=O) groups excluding carboxylic acids is 1. The lowest BCUT2D eigenvalue weighted by atomic mass is 9.98. The molecule has 122 valence electrons. The Hall–Kier alpha value is -2.07. The van der Waals surface area contributed by atoms with Crippen molar-refractivity contribution in [2.75, 3.05) is 13.1 Å². The van der Waals surface area contributed by atoms with Gasteiger partial charge >= 0.3 is 0 Å². The Morgan fingerprint density at radius 1 is 1.26 bits per heavy atom. The highest BCUT2D eigenvalue weighted by molar-refractivity contribution is 5.75. The van der Waals surface area contributed by atoms with Gasteiger partial charge < -0.3 is 14.6 Å². The lowest BCUT2D eigenvalue weighted by Crippen LogP contribution is -3.12. The zero-order valence-electron chi connectivity index (χ0n) is 13.7. The standard InChI is InChI=1S/C19H24N2O2/c1-2-6-19(22)20-13-17(18-9-5-12-23-18)21-11-10-15-7-3-4-8-16(15)14-21/h3-5,7-9,12,17H,2,6,10-11,13-14H2,1H3,(H,20,22)/p+1/t17-/m0/s1. The molecule has 1 aliphatic rings.